The summed E-state index contributed by atoms with van der Waals surface area (Å²) in [6.07, 6.45) is 3.64. The van der Waals surface area contributed by atoms with E-state index < -0.39 is 0 Å². The molecule has 0 amide bonds. The van der Waals surface area contributed by atoms with Crippen LogP contribution in [0.1, 0.15) is 41.5 Å². The second kappa shape index (κ2) is 7.55. The van der Waals surface area contributed by atoms with E-state index in [4.69, 9.17) is 5.73 Å². The number of unbranched alkanes of at least 4 members (excludes halogenated alkanes) is 2. The first-order valence-corrected chi connectivity index (χ1v) is 7.00. The fourth-order valence-electron chi connectivity index (χ4n) is 2.51. The van der Waals surface area contributed by atoms with Crippen molar-refractivity contribution in [1.29, 1.82) is 0 Å². The molecule has 0 saturated heterocycles. The normalized spacial score (nSPS) is 11.2. The molecule has 0 aliphatic carbocycles. The molecule has 1 aromatic rings. The smallest absolute Gasteiger partial charge is 0.0235 e. The summed E-state index contributed by atoms with van der Waals surface area (Å²) in [5, 5.41) is 0. The highest BCUT2D eigenvalue weighted by Gasteiger charge is 2.06. The van der Waals surface area contributed by atoms with Gasteiger partial charge in [0.25, 0.3) is 0 Å². The molecular formula is C16H28N2. The summed E-state index contributed by atoms with van der Waals surface area (Å²) in [5.74, 6) is 0. The third kappa shape index (κ3) is 4.79. The molecule has 0 bridgehead atoms. The number of hydrogen-bond acceptors (Lipinski definition) is 2. The number of hydrogen-bond donors (Lipinski definition) is 1. The van der Waals surface area contributed by atoms with E-state index in [1.165, 1.54) is 35.1 Å². The maximum atomic E-state index is 5.51. The Hall–Kier alpha value is -0.860. The van der Waals surface area contributed by atoms with Gasteiger partial charge in [-0.15, -0.1) is 0 Å². The zero-order chi connectivity index (χ0) is 13.5. The van der Waals surface area contributed by atoms with Crippen LogP contribution < -0.4 is 5.73 Å². The lowest BCUT2D eigenvalue weighted by atomic mass is 9.99. The van der Waals surface area contributed by atoms with Gasteiger partial charge >= 0.3 is 0 Å². The van der Waals surface area contributed by atoms with Crippen LogP contribution in [0.25, 0.3) is 0 Å². The third-order valence-corrected chi connectivity index (χ3v) is 3.51. The summed E-state index contributed by atoms with van der Waals surface area (Å²) in [5.41, 5.74) is 11.2. The minimum atomic E-state index is 0.819. The summed E-state index contributed by atoms with van der Waals surface area (Å²) in [6.45, 7) is 9.64. The average Bonchev–Trinajstić information content (AvgIpc) is 2.29. The number of aryl methyl sites for hydroxylation is 3. The Labute approximate surface area is 112 Å². The van der Waals surface area contributed by atoms with Crippen LogP contribution in [-0.2, 0) is 6.54 Å². The number of rotatable bonds is 7. The topological polar surface area (TPSA) is 29.3 Å². The molecule has 0 heterocycles. The van der Waals surface area contributed by atoms with E-state index in [2.05, 4.69) is 44.9 Å². The standard InChI is InChI=1S/C16H28N2/c1-13-10-14(2)16(15(3)11-13)12-18(4)9-7-5-6-8-17/h10-11H,5-9,12,17H2,1-4H3. The molecule has 0 saturated carbocycles. The maximum absolute atomic E-state index is 5.51. The second-order valence-corrected chi connectivity index (χ2v) is 5.46. The Balaban J connectivity index is 2.51. The summed E-state index contributed by atoms with van der Waals surface area (Å²) in [4.78, 5) is 2.42. The summed E-state index contributed by atoms with van der Waals surface area (Å²) >= 11 is 0. The second-order valence-electron chi connectivity index (χ2n) is 5.46. The largest absolute Gasteiger partial charge is 0.330 e. The van der Waals surface area contributed by atoms with Gasteiger partial charge in [-0.25, -0.2) is 0 Å². The van der Waals surface area contributed by atoms with Crippen molar-refractivity contribution >= 4 is 0 Å². The van der Waals surface area contributed by atoms with Crippen LogP contribution >= 0.6 is 0 Å². The Morgan fingerprint density at radius 2 is 1.61 bits per heavy atom. The third-order valence-electron chi connectivity index (χ3n) is 3.51. The van der Waals surface area contributed by atoms with Gasteiger partial charge in [0.1, 0.15) is 0 Å². The molecule has 0 atom stereocenters. The summed E-state index contributed by atoms with van der Waals surface area (Å²) in [6, 6.07) is 4.56. The van der Waals surface area contributed by atoms with Crippen LogP contribution in [0.15, 0.2) is 12.1 Å². The maximum Gasteiger partial charge on any atom is 0.0235 e. The van der Waals surface area contributed by atoms with Crippen molar-refractivity contribution in [3.05, 3.63) is 34.4 Å². The fraction of sp³-hybridized carbons (Fsp3) is 0.625. The molecule has 0 aromatic heterocycles. The van der Waals surface area contributed by atoms with Crippen LogP contribution in [0.2, 0.25) is 0 Å². The quantitative estimate of drug-likeness (QED) is 0.751. The minimum Gasteiger partial charge on any atom is -0.330 e. The van der Waals surface area contributed by atoms with Gasteiger partial charge in [0.15, 0.2) is 0 Å². The Bertz CT molecular complexity index is 348. The van der Waals surface area contributed by atoms with E-state index in [-0.39, 0.29) is 0 Å². The lowest BCUT2D eigenvalue weighted by molar-refractivity contribution is 0.316. The molecular weight excluding hydrogens is 220 g/mol. The molecule has 18 heavy (non-hydrogen) atoms. The number of nitrogens with zero attached hydrogens (tertiary/aromatic N) is 1. The molecule has 2 heteroatoms. The van der Waals surface area contributed by atoms with E-state index in [1.807, 2.05) is 0 Å². The van der Waals surface area contributed by atoms with Gasteiger partial charge in [-0.05, 0) is 70.4 Å². The zero-order valence-corrected chi connectivity index (χ0v) is 12.4. The van der Waals surface area contributed by atoms with Crippen LogP contribution in [0.4, 0.5) is 0 Å². The molecule has 0 aliphatic rings. The van der Waals surface area contributed by atoms with Gasteiger partial charge in [-0.2, -0.15) is 0 Å². The lowest BCUT2D eigenvalue weighted by Gasteiger charge is -2.20. The fourth-order valence-corrected chi connectivity index (χ4v) is 2.51. The number of benzene rings is 1. The SMILES string of the molecule is Cc1cc(C)c(CN(C)CCCCCN)c(C)c1. The Morgan fingerprint density at radius 1 is 1.00 bits per heavy atom. The van der Waals surface area contributed by atoms with Crippen LogP contribution in [0.3, 0.4) is 0 Å². The van der Waals surface area contributed by atoms with E-state index in [1.54, 1.807) is 0 Å². The Kier molecular flexibility index (Phi) is 6.37. The van der Waals surface area contributed by atoms with Crippen molar-refractivity contribution in [2.45, 2.75) is 46.6 Å². The molecule has 0 aliphatic heterocycles. The first-order chi connectivity index (χ1) is 8.54. The van der Waals surface area contributed by atoms with E-state index >= 15 is 0 Å². The van der Waals surface area contributed by atoms with E-state index in [0.29, 0.717) is 0 Å². The van der Waals surface area contributed by atoms with E-state index in [9.17, 15) is 0 Å². The van der Waals surface area contributed by atoms with E-state index in [0.717, 1.165) is 26.1 Å². The molecule has 0 fully saturated rings. The average molecular weight is 248 g/mol. The summed E-state index contributed by atoms with van der Waals surface area (Å²) < 4.78 is 0. The van der Waals surface area contributed by atoms with Crippen molar-refractivity contribution in [3.8, 4) is 0 Å². The molecule has 2 nitrogen and oxygen atoms in total. The molecule has 2 N–H and O–H groups in total. The predicted molar refractivity (Wildman–Crippen MR) is 79.9 cm³/mol. The molecule has 102 valence electrons. The van der Waals surface area contributed by atoms with Gasteiger partial charge in [0.2, 0.25) is 0 Å². The van der Waals surface area contributed by atoms with Gasteiger partial charge in [-0.1, -0.05) is 24.1 Å². The van der Waals surface area contributed by atoms with Gasteiger partial charge < -0.3 is 10.6 Å². The van der Waals surface area contributed by atoms with Crippen LogP contribution in [0.5, 0.6) is 0 Å². The first-order valence-electron chi connectivity index (χ1n) is 7.00. The molecule has 0 unspecified atom stereocenters. The van der Waals surface area contributed by atoms with Crippen LogP contribution in [-0.4, -0.2) is 25.0 Å². The predicted octanol–water partition coefficient (Wildman–Crippen LogP) is 3.17. The number of nitrogens with two attached hydrogens (primary N) is 1. The molecule has 0 radical (unpaired) electrons. The summed E-state index contributed by atoms with van der Waals surface area (Å²) in [7, 11) is 2.21. The van der Waals surface area contributed by atoms with Crippen molar-refractivity contribution < 1.29 is 0 Å². The Morgan fingerprint density at radius 3 is 2.17 bits per heavy atom. The monoisotopic (exact) mass is 248 g/mol. The first kappa shape index (κ1) is 15.2. The highest BCUT2D eigenvalue weighted by Crippen LogP contribution is 2.18. The highest BCUT2D eigenvalue weighted by atomic mass is 15.1. The minimum absolute atomic E-state index is 0.819. The molecule has 0 spiro atoms. The van der Waals surface area contributed by atoms with Crippen molar-refractivity contribution in [2.75, 3.05) is 20.1 Å². The highest BCUT2D eigenvalue weighted by molar-refractivity contribution is 5.37. The van der Waals surface area contributed by atoms with Crippen LogP contribution in [0, 0.1) is 20.8 Å². The van der Waals surface area contributed by atoms with Crippen molar-refractivity contribution in [3.63, 3.8) is 0 Å². The van der Waals surface area contributed by atoms with Gasteiger partial charge in [0, 0.05) is 6.54 Å². The molecule has 1 rings (SSSR count). The van der Waals surface area contributed by atoms with Gasteiger partial charge in [-0.3, -0.25) is 0 Å². The van der Waals surface area contributed by atoms with Crippen molar-refractivity contribution in [2.24, 2.45) is 5.73 Å². The van der Waals surface area contributed by atoms with Gasteiger partial charge in [0.05, 0.1) is 0 Å². The zero-order valence-electron chi connectivity index (χ0n) is 12.4. The lowest BCUT2D eigenvalue weighted by Crippen LogP contribution is -2.20. The van der Waals surface area contributed by atoms with Crippen molar-refractivity contribution in [1.82, 2.24) is 4.90 Å². The molecule has 1 aromatic carbocycles.